The molecule has 0 aliphatic carbocycles. The molecule has 1 unspecified atom stereocenters. The molecule has 0 aromatic heterocycles. The van der Waals surface area contributed by atoms with Gasteiger partial charge in [-0.1, -0.05) is 13.8 Å². The van der Waals surface area contributed by atoms with Crippen LogP contribution >= 0.6 is 28.5 Å². The average Bonchev–Trinajstić information content (AvgIpc) is 2.01. The van der Waals surface area contributed by atoms with Gasteiger partial charge in [-0.2, -0.15) is 0 Å². The summed E-state index contributed by atoms with van der Waals surface area (Å²) in [4.78, 5) is 0. The van der Waals surface area contributed by atoms with E-state index in [1.54, 1.807) is 0 Å². The quantitative estimate of drug-likeness (QED) is 0.617. The first-order valence-corrected chi connectivity index (χ1v) is 7.41. The van der Waals surface area contributed by atoms with E-state index in [1.165, 1.54) is 0 Å². The van der Waals surface area contributed by atoms with Gasteiger partial charge >= 0.3 is 0 Å². The van der Waals surface area contributed by atoms with Crippen molar-refractivity contribution in [2.75, 3.05) is 6.61 Å². The molecular weight excluding hydrogens is 262 g/mol. The van der Waals surface area contributed by atoms with Crippen LogP contribution in [0.1, 0.15) is 26.7 Å². The molecule has 0 radical (unpaired) electrons. The molecule has 1 N–H and O–H groups in total. The topological polar surface area (TPSA) is 29.5 Å². The van der Waals surface area contributed by atoms with Crippen molar-refractivity contribution in [3.63, 3.8) is 0 Å². The highest BCUT2D eigenvalue weighted by atomic mass is 127. The second-order valence-electron chi connectivity index (χ2n) is 2.23. The van der Waals surface area contributed by atoms with Gasteiger partial charge < -0.3 is 9.63 Å². The van der Waals surface area contributed by atoms with Gasteiger partial charge in [-0.15, -0.1) is 0 Å². The minimum atomic E-state index is -0.264. The fourth-order valence-corrected chi connectivity index (χ4v) is 2.65. The first-order valence-electron chi connectivity index (χ1n) is 3.39. The summed E-state index contributed by atoms with van der Waals surface area (Å²) >= 11 is 2.18. The SMILES string of the molecule is CCC(CC)(CO)OPI. The fourth-order valence-electron chi connectivity index (χ4n) is 0.732. The van der Waals surface area contributed by atoms with Gasteiger partial charge in [-0.05, 0) is 34.9 Å². The molecule has 0 saturated carbocycles. The molecule has 62 valence electrons. The minimum absolute atomic E-state index is 0.135. The fraction of sp³-hybridized carbons (Fsp3) is 1.00. The van der Waals surface area contributed by atoms with Gasteiger partial charge in [0.2, 0.25) is 0 Å². The Bertz CT molecular complexity index is 77.6. The van der Waals surface area contributed by atoms with Crippen LogP contribution in [0.5, 0.6) is 0 Å². The Kier molecular flexibility index (Phi) is 6.31. The first-order chi connectivity index (χ1) is 4.74. The van der Waals surface area contributed by atoms with Crippen molar-refractivity contribution in [3.8, 4) is 0 Å². The molecule has 0 aliphatic rings. The van der Waals surface area contributed by atoms with Gasteiger partial charge in [-0.25, -0.2) is 0 Å². The highest BCUT2D eigenvalue weighted by Gasteiger charge is 2.25. The second kappa shape index (κ2) is 5.70. The monoisotopic (exact) mass is 276 g/mol. The lowest BCUT2D eigenvalue weighted by Crippen LogP contribution is -2.32. The van der Waals surface area contributed by atoms with Crippen LogP contribution in [0.25, 0.3) is 0 Å². The summed E-state index contributed by atoms with van der Waals surface area (Å²) in [6, 6.07) is 0. The molecule has 0 fully saturated rings. The Balaban J connectivity index is 3.87. The molecular formula is C6H14IO2P. The van der Waals surface area contributed by atoms with Crippen LogP contribution in [0.15, 0.2) is 0 Å². The summed E-state index contributed by atoms with van der Waals surface area (Å²) in [5.74, 6) is 0. The standard InChI is InChI=1S/C6H14IO2P/c1-3-6(4-2,5-8)9-10-7/h8,10H,3-5H2,1-2H3. The van der Waals surface area contributed by atoms with Gasteiger partial charge in [0.15, 0.2) is 0 Å². The zero-order valence-electron chi connectivity index (χ0n) is 6.35. The van der Waals surface area contributed by atoms with E-state index in [-0.39, 0.29) is 12.2 Å². The Hall–Kier alpha value is 1.08. The third-order valence-corrected chi connectivity index (χ3v) is 3.00. The lowest BCUT2D eigenvalue weighted by molar-refractivity contribution is 0.0181. The summed E-state index contributed by atoms with van der Waals surface area (Å²) in [6.45, 7) is 4.65. The molecule has 0 saturated heterocycles. The molecule has 0 aromatic rings. The molecule has 2 nitrogen and oxygen atoms in total. The smallest absolute Gasteiger partial charge is 0.0956 e. The third-order valence-electron chi connectivity index (χ3n) is 1.83. The van der Waals surface area contributed by atoms with Crippen molar-refractivity contribution in [2.24, 2.45) is 0 Å². The molecule has 0 bridgehead atoms. The van der Waals surface area contributed by atoms with Crippen molar-refractivity contribution >= 4 is 28.5 Å². The van der Waals surface area contributed by atoms with Crippen LogP contribution in [0.3, 0.4) is 0 Å². The van der Waals surface area contributed by atoms with Crippen molar-refractivity contribution in [2.45, 2.75) is 32.3 Å². The molecule has 0 heterocycles. The lowest BCUT2D eigenvalue weighted by Gasteiger charge is -2.27. The summed E-state index contributed by atoms with van der Waals surface area (Å²) in [7, 11) is 0. The molecule has 10 heavy (non-hydrogen) atoms. The van der Waals surface area contributed by atoms with E-state index < -0.39 is 0 Å². The zero-order valence-corrected chi connectivity index (χ0v) is 9.51. The van der Waals surface area contributed by atoms with Gasteiger partial charge in [0.25, 0.3) is 0 Å². The third kappa shape index (κ3) is 2.99. The number of halogens is 1. The van der Waals surface area contributed by atoms with Gasteiger partial charge in [0.1, 0.15) is 0 Å². The minimum Gasteiger partial charge on any atom is -0.393 e. The largest absolute Gasteiger partial charge is 0.393 e. The van der Waals surface area contributed by atoms with Crippen molar-refractivity contribution < 1.29 is 9.63 Å². The van der Waals surface area contributed by atoms with Crippen molar-refractivity contribution in [1.29, 1.82) is 0 Å². The molecule has 0 amide bonds. The van der Waals surface area contributed by atoms with Crippen LogP contribution in [-0.2, 0) is 4.52 Å². The van der Waals surface area contributed by atoms with E-state index in [1.807, 2.05) is 13.8 Å². The van der Waals surface area contributed by atoms with E-state index in [2.05, 4.69) is 22.0 Å². The number of hydrogen-bond acceptors (Lipinski definition) is 2. The molecule has 0 rings (SSSR count). The summed E-state index contributed by atoms with van der Waals surface area (Å²) in [6.07, 6.45) is 1.77. The molecule has 4 heteroatoms. The maximum absolute atomic E-state index is 8.98. The Morgan fingerprint density at radius 1 is 1.50 bits per heavy atom. The van der Waals surface area contributed by atoms with E-state index >= 15 is 0 Å². The van der Waals surface area contributed by atoms with Gasteiger partial charge in [-0.3, -0.25) is 0 Å². The molecule has 1 atom stereocenters. The van der Waals surface area contributed by atoms with Crippen molar-refractivity contribution in [3.05, 3.63) is 0 Å². The Morgan fingerprint density at radius 3 is 2.10 bits per heavy atom. The highest BCUT2D eigenvalue weighted by molar-refractivity contribution is 14.2. The number of aliphatic hydroxyl groups excluding tert-OH is 1. The lowest BCUT2D eigenvalue weighted by atomic mass is 9.99. The molecule has 0 spiro atoms. The zero-order chi connectivity index (χ0) is 8.04. The Labute approximate surface area is 77.1 Å². The predicted octanol–water partition coefficient (Wildman–Crippen LogP) is 2.50. The first kappa shape index (κ1) is 11.1. The second-order valence-corrected chi connectivity index (χ2v) is 3.91. The maximum Gasteiger partial charge on any atom is 0.0956 e. The van der Waals surface area contributed by atoms with E-state index in [9.17, 15) is 0 Å². The van der Waals surface area contributed by atoms with Crippen molar-refractivity contribution in [1.82, 2.24) is 0 Å². The van der Waals surface area contributed by atoms with Gasteiger partial charge in [0, 0.05) is 0 Å². The van der Waals surface area contributed by atoms with Crippen LogP contribution in [0.4, 0.5) is 0 Å². The number of aliphatic hydroxyl groups is 1. The highest BCUT2D eigenvalue weighted by Crippen LogP contribution is 2.33. The Morgan fingerprint density at radius 2 is 2.00 bits per heavy atom. The normalized spacial score (nSPS) is 13.2. The summed E-state index contributed by atoms with van der Waals surface area (Å²) < 4.78 is 5.44. The van der Waals surface area contributed by atoms with Gasteiger partial charge in [0.05, 0.1) is 18.7 Å². The number of rotatable bonds is 5. The average molecular weight is 276 g/mol. The summed E-state index contributed by atoms with van der Waals surface area (Å²) in [5.41, 5.74) is -0.264. The van der Waals surface area contributed by atoms with E-state index in [4.69, 9.17) is 9.63 Å². The van der Waals surface area contributed by atoms with Crippen LogP contribution < -0.4 is 0 Å². The van der Waals surface area contributed by atoms with E-state index in [0.29, 0.717) is 6.45 Å². The molecule has 0 aromatic carbocycles. The number of hydrogen-bond donors (Lipinski definition) is 1. The van der Waals surface area contributed by atoms with Crippen LogP contribution in [-0.4, -0.2) is 17.3 Å². The predicted molar refractivity (Wildman–Crippen MR) is 53.8 cm³/mol. The van der Waals surface area contributed by atoms with E-state index in [0.717, 1.165) is 12.8 Å². The van der Waals surface area contributed by atoms with Crippen LogP contribution in [0, 0.1) is 0 Å². The van der Waals surface area contributed by atoms with Crippen LogP contribution in [0.2, 0.25) is 0 Å². The maximum atomic E-state index is 8.98. The summed E-state index contributed by atoms with van der Waals surface area (Å²) in [5, 5.41) is 8.98. The molecule has 0 aliphatic heterocycles.